The van der Waals surface area contributed by atoms with E-state index < -0.39 is 6.04 Å². The normalized spacial score (nSPS) is 21.4. The van der Waals surface area contributed by atoms with Gasteiger partial charge in [0, 0.05) is 65.9 Å². The number of H-pyrrole nitrogens is 1. The molecule has 1 aliphatic heterocycles. The van der Waals surface area contributed by atoms with Crippen LogP contribution in [0.1, 0.15) is 50.1 Å². The van der Waals surface area contributed by atoms with E-state index in [-0.39, 0.29) is 29.7 Å². The van der Waals surface area contributed by atoms with Gasteiger partial charge in [-0.15, -0.1) is 11.3 Å². The van der Waals surface area contributed by atoms with Gasteiger partial charge in [-0.05, 0) is 50.6 Å². The van der Waals surface area contributed by atoms with Crippen molar-refractivity contribution in [3.05, 3.63) is 50.6 Å². The lowest BCUT2D eigenvalue weighted by Gasteiger charge is -2.36. The molecule has 4 N–H and O–H groups in total. The molecule has 0 unspecified atom stereocenters. The number of amides is 3. The second-order valence-electron chi connectivity index (χ2n) is 10.2. The molecule has 2 aliphatic rings. The number of aromatic amines is 1. The highest BCUT2D eigenvalue weighted by Crippen LogP contribution is 2.28. The van der Waals surface area contributed by atoms with Gasteiger partial charge in [0.25, 0.3) is 11.8 Å². The fourth-order valence-electron chi connectivity index (χ4n) is 5.28. The molecule has 1 aromatic carbocycles. The van der Waals surface area contributed by atoms with E-state index in [2.05, 4.69) is 37.9 Å². The second kappa shape index (κ2) is 12.0. The fraction of sp³-hybridized carbons (Fsp3) is 0.481. The summed E-state index contributed by atoms with van der Waals surface area (Å²) in [5.41, 5.74) is 2.18. The smallest absolute Gasteiger partial charge is 0.280 e. The van der Waals surface area contributed by atoms with Crippen molar-refractivity contribution in [2.45, 2.75) is 44.3 Å². The maximum atomic E-state index is 13.3. The monoisotopic (exact) mass is 572 g/mol. The Bertz CT molecular complexity index is 1370. The second-order valence-corrected chi connectivity index (χ2v) is 11.8. The molecule has 0 saturated heterocycles. The summed E-state index contributed by atoms with van der Waals surface area (Å²) in [6, 6.07) is 6.34. The van der Waals surface area contributed by atoms with Gasteiger partial charge < -0.3 is 30.6 Å². The van der Waals surface area contributed by atoms with Crippen LogP contribution in [0, 0.1) is 5.92 Å². The third-order valence-electron chi connectivity index (χ3n) is 7.40. The molecule has 1 fully saturated rings. The van der Waals surface area contributed by atoms with E-state index in [9.17, 15) is 14.4 Å². The minimum Gasteiger partial charge on any atom is -0.383 e. The predicted molar refractivity (Wildman–Crippen MR) is 150 cm³/mol. The third kappa shape index (κ3) is 6.43. The maximum absolute atomic E-state index is 13.3. The van der Waals surface area contributed by atoms with Gasteiger partial charge in [-0.1, -0.05) is 11.6 Å². The van der Waals surface area contributed by atoms with Gasteiger partial charge in [-0.25, -0.2) is 4.98 Å². The largest absolute Gasteiger partial charge is 0.383 e. The first-order chi connectivity index (χ1) is 18.8. The summed E-state index contributed by atoms with van der Waals surface area (Å²) in [5.74, 6) is -0.915. The van der Waals surface area contributed by atoms with E-state index in [4.69, 9.17) is 16.3 Å². The number of aromatic nitrogens is 2. The van der Waals surface area contributed by atoms with Gasteiger partial charge in [0.15, 0.2) is 5.01 Å². The molecule has 2 aromatic heterocycles. The fourth-order valence-corrected chi connectivity index (χ4v) is 6.56. The Morgan fingerprint density at radius 1 is 1.18 bits per heavy atom. The topological polar surface area (TPSA) is 128 Å². The first kappa shape index (κ1) is 27.6. The zero-order valence-electron chi connectivity index (χ0n) is 22.0. The van der Waals surface area contributed by atoms with Crippen LogP contribution < -0.4 is 16.0 Å². The summed E-state index contributed by atoms with van der Waals surface area (Å²) in [4.78, 5) is 50.4. The van der Waals surface area contributed by atoms with E-state index in [0.29, 0.717) is 48.1 Å². The number of fused-ring (bicyclic) bond motifs is 2. The summed E-state index contributed by atoms with van der Waals surface area (Å²) in [5, 5.41) is 10.9. The maximum Gasteiger partial charge on any atom is 0.280 e. The molecular weight excluding hydrogens is 540 g/mol. The van der Waals surface area contributed by atoms with Crippen LogP contribution >= 0.6 is 22.9 Å². The van der Waals surface area contributed by atoms with Crippen LogP contribution in [0.25, 0.3) is 10.9 Å². The molecule has 39 heavy (non-hydrogen) atoms. The summed E-state index contributed by atoms with van der Waals surface area (Å²) in [6.07, 6.45) is 2.38. The SMILES string of the molecule is COCCNC(=O)[C@H]1CC[C@@H](NC(=O)c2nc3c(s2)CN(C)CC3)[C@@H](NC(=O)c2cc3cc(Cl)ccc3[nH]2)C1. The first-order valence-electron chi connectivity index (χ1n) is 13.1. The number of halogens is 1. The van der Waals surface area contributed by atoms with Crippen molar-refractivity contribution in [2.75, 3.05) is 33.9 Å². The van der Waals surface area contributed by atoms with Crippen LogP contribution in [0.4, 0.5) is 0 Å². The number of carbonyl (C=O) groups is 3. The molecule has 1 aliphatic carbocycles. The number of carbonyl (C=O) groups excluding carboxylic acids is 3. The van der Waals surface area contributed by atoms with Gasteiger partial charge in [0.2, 0.25) is 5.91 Å². The Morgan fingerprint density at radius 2 is 2.00 bits per heavy atom. The van der Waals surface area contributed by atoms with E-state index in [1.54, 1.807) is 25.3 Å². The zero-order valence-corrected chi connectivity index (χ0v) is 23.6. The number of methoxy groups -OCH3 is 1. The lowest BCUT2D eigenvalue weighted by molar-refractivity contribution is -0.126. The van der Waals surface area contributed by atoms with Gasteiger partial charge in [-0.2, -0.15) is 0 Å². The molecule has 208 valence electrons. The van der Waals surface area contributed by atoms with Crippen LogP contribution in [0.15, 0.2) is 24.3 Å². The number of nitrogens with zero attached hydrogens (tertiary/aromatic N) is 2. The van der Waals surface area contributed by atoms with Gasteiger partial charge >= 0.3 is 0 Å². The standard InChI is InChI=1S/C27H33ClN6O4S/c1-34-9-7-20-23(14-34)39-27(33-20)26(37)31-19-5-3-15(24(35)29-8-10-38-2)12-21(19)32-25(36)22-13-16-11-17(28)4-6-18(16)30-22/h4,6,11,13,15,19,21,30H,3,5,7-10,12,14H2,1-2H3,(H,29,35)(H,31,37)(H,32,36)/t15-,19+,21-/m0/s1. The number of hydrogen-bond donors (Lipinski definition) is 4. The first-order valence-corrected chi connectivity index (χ1v) is 14.3. The summed E-state index contributed by atoms with van der Waals surface area (Å²) >= 11 is 7.53. The highest BCUT2D eigenvalue weighted by atomic mass is 35.5. The number of benzene rings is 1. The van der Waals surface area contributed by atoms with Crippen LogP contribution in [-0.2, 0) is 22.5 Å². The average Bonchev–Trinajstić information content (AvgIpc) is 3.53. The van der Waals surface area contributed by atoms with Crippen molar-refractivity contribution in [3.8, 4) is 0 Å². The molecular formula is C27H33ClN6O4S. The van der Waals surface area contributed by atoms with E-state index in [0.717, 1.165) is 41.0 Å². The molecule has 5 rings (SSSR count). The van der Waals surface area contributed by atoms with Crippen molar-refractivity contribution in [3.63, 3.8) is 0 Å². The number of rotatable bonds is 8. The zero-order chi connectivity index (χ0) is 27.5. The molecule has 3 heterocycles. The quantitative estimate of drug-likeness (QED) is 0.307. The Morgan fingerprint density at radius 3 is 2.82 bits per heavy atom. The number of hydrogen-bond acceptors (Lipinski definition) is 7. The molecule has 3 aromatic rings. The third-order valence-corrected chi connectivity index (χ3v) is 8.72. The number of nitrogens with one attached hydrogen (secondary N) is 4. The summed E-state index contributed by atoms with van der Waals surface area (Å²) in [6.45, 7) is 2.56. The molecule has 12 heteroatoms. The molecule has 1 saturated carbocycles. The molecule has 3 atom stereocenters. The van der Waals surface area contributed by atoms with Crippen LogP contribution in [0.3, 0.4) is 0 Å². The van der Waals surface area contributed by atoms with E-state index in [1.165, 1.54) is 11.3 Å². The van der Waals surface area contributed by atoms with Gasteiger partial charge in [0.05, 0.1) is 18.3 Å². The van der Waals surface area contributed by atoms with Crippen LogP contribution in [0.2, 0.25) is 5.02 Å². The minimum absolute atomic E-state index is 0.0759. The van der Waals surface area contributed by atoms with Gasteiger partial charge in [-0.3, -0.25) is 14.4 Å². The Hall–Kier alpha value is -2.99. The summed E-state index contributed by atoms with van der Waals surface area (Å²) < 4.78 is 5.03. The molecule has 0 bridgehead atoms. The summed E-state index contributed by atoms with van der Waals surface area (Å²) in [7, 11) is 3.64. The number of ether oxygens (including phenoxy) is 1. The van der Waals surface area contributed by atoms with E-state index >= 15 is 0 Å². The molecule has 10 nitrogen and oxygen atoms in total. The van der Waals surface area contributed by atoms with Crippen molar-refractivity contribution < 1.29 is 19.1 Å². The van der Waals surface area contributed by atoms with Crippen molar-refractivity contribution in [1.29, 1.82) is 0 Å². The Balaban J connectivity index is 1.31. The number of thiazole rings is 1. The van der Waals surface area contributed by atoms with Crippen molar-refractivity contribution >= 4 is 51.6 Å². The average molecular weight is 573 g/mol. The van der Waals surface area contributed by atoms with Crippen LogP contribution in [-0.4, -0.2) is 78.5 Å². The van der Waals surface area contributed by atoms with Crippen molar-refractivity contribution in [1.82, 2.24) is 30.8 Å². The lowest BCUT2D eigenvalue weighted by Crippen LogP contribution is -2.56. The highest BCUT2D eigenvalue weighted by molar-refractivity contribution is 7.13. The highest BCUT2D eigenvalue weighted by Gasteiger charge is 2.36. The Kier molecular flexibility index (Phi) is 8.51. The van der Waals surface area contributed by atoms with Crippen molar-refractivity contribution in [2.24, 2.45) is 5.92 Å². The molecule has 0 radical (unpaired) electrons. The van der Waals surface area contributed by atoms with Gasteiger partial charge in [0.1, 0.15) is 5.69 Å². The number of likely N-dealkylation sites (N-methyl/N-ethyl adjacent to an activating group) is 1. The lowest BCUT2D eigenvalue weighted by atomic mass is 9.81. The molecule has 0 spiro atoms. The minimum atomic E-state index is -0.441. The van der Waals surface area contributed by atoms with Crippen LogP contribution in [0.5, 0.6) is 0 Å². The molecule has 3 amide bonds. The Labute approximate surface area is 235 Å². The predicted octanol–water partition coefficient (Wildman–Crippen LogP) is 2.73. The van der Waals surface area contributed by atoms with E-state index in [1.807, 2.05) is 6.07 Å².